The van der Waals surface area contributed by atoms with Crippen LogP contribution in [0.3, 0.4) is 0 Å². The molecule has 0 saturated heterocycles. The number of aromatic carboxylic acids is 1. The Morgan fingerprint density at radius 2 is 1.85 bits per heavy atom. The first kappa shape index (κ1) is 14.2. The summed E-state index contributed by atoms with van der Waals surface area (Å²) in [6.07, 6.45) is 0. The molecule has 0 amide bonds. The standard InChI is InChI=1S/C7H5FO2.CHN.Cu/c8-6-4-2-1-3-5(6)7(9)10;1-2;/h1-4H,(H,9,10);1H;. The summed E-state index contributed by atoms with van der Waals surface area (Å²) in [6, 6.07) is 5.26. The van der Waals surface area contributed by atoms with Crippen LogP contribution in [0.2, 0.25) is 0 Å². The summed E-state index contributed by atoms with van der Waals surface area (Å²) in [6.45, 7) is 3.50. The smallest absolute Gasteiger partial charge is 0.338 e. The van der Waals surface area contributed by atoms with Gasteiger partial charge in [0.25, 0.3) is 0 Å². The third-order valence-corrected chi connectivity index (χ3v) is 1.10. The molecule has 0 bridgehead atoms. The summed E-state index contributed by atoms with van der Waals surface area (Å²) in [5, 5.41) is 14.8. The minimum absolute atomic E-state index is 0. The number of nitriles is 1. The number of rotatable bonds is 1. The Bertz CT molecular complexity index is 301. The van der Waals surface area contributed by atoms with Gasteiger partial charge in [0.05, 0.1) is 5.56 Å². The summed E-state index contributed by atoms with van der Waals surface area (Å²) in [5.41, 5.74) is -0.289. The maximum atomic E-state index is 12.5. The van der Waals surface area contributed by atoms with E-state index in [1.165, 1.54) is 18.2 Å². The van der Waals surface area contributed by atoms with E-state index in [1.807, 2.05) is 0 Å². The fourth-order valence-corrected chi connectivity index (χ4v) is 0.635. The van der Waals surface area contributed by atoms with Gasteiger partial charge in [-0.15, -0.1) is 0 Å². The van der Waals surface area contributed by atoms with Crippen LogP contribution in [0.15, 0.2) is 24.3 Å². The van der Waals surface area contributed by atoms with Crippen LogP contribution in [-0.4, -0.2) is 11.1 Å². The Hall–Kier alpha value is -1.37. The van der Waals surface area contributed by atoms with E-state index < -0.39 is 11.8 Å². The van der Waals surface area contributed by atoms with Crippen molar-refractivity contribution in [2.24, 2.45) is 0 Å². The number of hydrogen-bond donors (Lipinski definition) is 1. The second kappa shape index (κ2) is 7.29. The first-order valence-corrected chi connectivity index (χ1v) is 2.95. The molecule has 1 aromatic carbocycles. The molecule has 1 radical (unpaired) electrons. The first-order valence-electron chi connectivity index (χ1n) is 2.95. The van der Waals surface area contributed by atoms with Gasteiger partial charge in [-0.3, -0.25) is 0 Å². The minimum Gasteiger partial charge on any atom is -0.478 e. The summed E-state index contributed by atoms with van der Waals surface area (Å²) in [7, 11) is 0. The molecule has 13 heavy (non-hydrogen) atoms. The van der Waals surface area contributed by atoms with Gasteiger partial charge in [-0.1, -0.05) is 12.1 Å². The van der Waals surface area contributed by atoms with Crippen molar-refractivity contribution in [2.75, 3.05) is 0 Å². The van der Waals surface area contributed by atoms with Gasteiger partial charge in [-0.25, -0.2) is 14.4 Å². The molecule has 0 heterocycles. The predicted molar refractivity (Wildman–Crippen MR) is 40.0 cm³/mol. The number of nitrogens with zero attached hydrogens (tertiary/aromatic N) is 1. The summed E-state index contributed by atoms with van der Waals surface area (Å²) in [5.74, 6) is -1.94. The Balaban J connectivity index is 0. The molecule has 0 aliphatic carbocycles. The Labute approximate surface area is 85.3 Å². The topological polar surface area (TPSA) is 61.1 Å². The zero-order valence-electron chi connectivity index (χ0n) is 6.37. The molecule has 0 unspecified atom stereocenters. The van der Waals surface area contributed by atoms with Crippen molar-refractivity contribution in [3.05, 3.63) is 35.6 Å². The van der Waals surface area contributed by atoms with E-state index in [-0.39, 0.29) is 22.6 Å². The number of halogens is 1. The van der Waals surface area contributed by atoms with Gasteiger partial charge in [0.1, 0.15) is 5.82 Å². The van der Waals surface area contributed by atoms with Crippen molar-refractivity contribution in [1.29, 1.82) is 5.26 Å². The molecule has 0 aliphatic heterocycles. The fourth-order valence-electron chi connectivity index (χ4n) is 0.635. The zero-order chi connectivity index (χ0) is 9.56. The van der Waals surface area contributed by atoms with Crippen molar-refractivity contribution < 1.29 is 31.4 Å². The van der Waals surface area contributed by atoms with Crippen LogP contribution in [0, 0.1) is 17.7 Å². The molecule has 0 saturated carbocycles. The molecule has 0 aliphatic rings. The summed E-state index contributed by atoms with van der Waals surface area (Å²) < 4.78 is 12.5. The van der Waals surface area contributed by atoms with Crippen molar-refractivity contribution >= 4 is 5.97 Å². The van der Waals surface area contributed by atoms with Crippen LogP contribution >= 0.6 is 0 Å². The van der Waals surface area contributed by atoms with E-state index in [1.54, 1.807) is 0 Å². The van der Waals surface area contributed by atoms with E-state index in [2.05, 4.69) is 6.57 Å². The molecule has 0 fully saturated rings. The van der Waals surface area contributed by atoms with Crippen molar-refractivity contribution in [3.8, 4) is 6.57 Å². The predicted octanol–water partition coefficient (Wildman–Crippen LogP) is 1.66. The van der Waals surface area contributed by atoms with E-state index in [4.69, 9.17) is 10.4 Å². The summed E-state index contributed by atoms with van der Waals surface area (Å²) in [4.78, 5) is 10.2. The van der Waals surface area contributed by atoms with E-state index in [0.29, 0.717) is 0 Å². The third-order valence-electron chi connectivity index (χ3n) is 1.10. The number of carbonyl (C=O) groups is 1. The van der Waals surface area contributed by atoms with Crippen LogP contribution in [0.5, 0.6) is 0 Å². The molecule has 73 valence electrons. The number of carboxylic acids is 1. The second-order valence-electron chi connectivity index (χ2n) is 1.78. The molecule has 0 atom stereocenters. The Kier molecular flexibility index (Phi) is 7.94. The quantitative estimate of drug-likeness (QED) is 0.747. The van der Waals surface area contributed by atoms with Crippen LogP contribution in [0.1, 0.15) is 10.4 Å². The van der Waals surface area contributed by atoms with Crippen LogP contribution in [0.4, 0.5) is 4.39 Å². The number of carboxylic acid groups (broad SMARTS) is 1. The molecule has 1 rings (SSSR count). The number of hydrogen-bond acceptors (Lipinski definition) is 2. The van der Waals surface area contributed by atoms with E-state index in [9.17, 15) is 9.18 Å². The molecular formula is C8H6CuFNO2. The van der Waals surface area contributed by atoms with E-state index >= 15 is 0 Å². The fraction of sp³-hybridized carbons (Fsp3) is 0. The zero-order valence-corrected chi connectivity index (χ0v) is 7.31. The van der Waals surface area contributed by atoms with Crippen molar-refractivity contribution in [3.63, 3.8) is 0 Å². The largest absolute Gasteiger partial charge is 0.478 e. The van der Waals surface area contributed by atoms with Gasteiger partial charge in [0.15, 0.2) is 0 Å². The molecule has 5 heteroatoms. The Morgan fingerprint density at radius 1 is 1.38 bits per heavy atom. The van der Waals surface area contributed by atoms with Gasteiger partial charge in [-0.05, 0) is 12.1 Å². The molecule has 1 N–H and O–H groups in total. The molecule has 0 aromatic heterocycles. The van der Waals surface area contributed by atoms with Gasteiger partial charge in [0.2, 0.25) is 0 Å². The minimum atomic E-state index is -1.24. The second-order valence-corrected chi connectivity index (χ2v) is 1.78. The normalized spacial score (nSPS) is 7.31. The summed E-state index contributed by atoms with van der Waals surface area (Å²) >= 11 is 0. The van der Waals surface area contributed by atoms with E-state index in [0.717, 1.165) is 6.07 Å². The van der Waals surface area contributed by atoms with Crippen molar-refractivity contribution in [2.45, 2.75) is 0 Å². The van der Waals surface area contributed by atoms with Crippen LogP contribution in [0.25, 0.3) is 0 Å². The van der Waals surface area contributed by atoms with Gasteiger partial charge in [0, 0.05) is 23.6 Å². The number of benzene rings is 1. The molecule has 3 nitrogen and oxygen atoms in total. The van der Waals surface area contributed by atoms with Gasteiger partial charge in [-0.2, -0.15) is 0 Å². The molecular weight excluding hydrogens is 225 g/mol. The maximum absolute atomic E-state index is 12.5. The van der Waals surface area contributed by atoms with Crippen molar-refractivity contribution in [1.82, 2.24) is 0 Å². The van der Waals surface area contributed by atoms with Crippen LogP contribution in [-0.2, 0) is 17.1 Å². The SMILES string of the molecule is C#N.O=C(O)c1ccccc1F.[Cu]. The van der Waals surface area contributed by atoms with Gasteiger partial charge < -0.3 is 5.11 Å². The average molecular weight is 231 g/mol. The Morgan fingerprint density at radius 3 is 2.15 bits per heavy atom. The molecule has 1 aromatic rings. The van der Waals surface area contributed by atoms with Crippen LogP contribution < -0.4 is 0 Å². The monoisotopic (exact) mass is 230 g/mol. The average Bonchev–Trinajstić information content (AvgIpc) is 2.08. The maximum Gasteiger partial charge on any atom is 0.338 e. The molecule has 0 spiro atoms. The van der Waals surface area contributed by atoms with Gasteiger partial charge >= 0.3 is 5.97 Å². The third kappa shape index (κ3) is 4.26. The first-order chi connectivity index (χ1) is 5.72.